The van der Waals surface area contributed by atoms with Crippen molar-refractivity contribution in [2.45, 2.75) is 19.9 Å². The van der Waals surface area contributed by atoms with Crippen molar-refractivity contribution in [3.63, 3.8) is 0 Å². The van der Waals surface area contributed by atoms with E-state index in [0.717, 1.165) is 5.56 Å². The van der Waals surface area contributed by atoms with Crippen LogP contribution in [0.4, 0.5) is 0 Å². The van der Waals surface area contributed by atoms with Crippen LogP contribution in [0.25, 0.3) is 0 Å². The first-order chi connectivity index (χ1) is 9.56. The highest BCUT2D eigenvalue weighted by atomic mass is 35.5. The minimum atomic E-state index is -0.207. The number of amides is 1. The van der Waals surface area contributed by atoms with Crippen molar-refractivity contribution in [2.24, 2.45) is 0 Å². The number of halogens is 1. The molecule has 1 aromatic heterocycles. The topological polar surface area (TPSA) is 51.5 Å². The van der Waals surface area contributed by atoms with Gasteiger partial charge in [0.1, 0.15) is 11.5 Å². The molecule has 0 fully saturated rings. The maximum atomic E-state index is 11.8. The molecule has 2 aromatic rings. The van der Waals surface area contributed by atoms with Crippen molar-refractivity contribution in [3.8, 4) is 5.75 Å². The Hall–Kier alpha value is -1.94. The molecule has 20 heavy (non-hydrogen) atoms. The average Bonchev–Trinajstić information content (AvgIpc) is 2.94. The van der Waals surface area contributed by atoms with Crippen molar-refractivity contribution < 1.29 is 13.9 Å². The third-order valence-electron chi connectivity index (χ3n) is 2.85. The van der Waals surface area contributed by atoms with Gasteiger partial charge in [-0.2, -0.15) is 0 Å². The summed E-state index contributed by atoms with van der Waals surface area (Å²) in [5.41, 5.74) is 0.911. The number of hydrogen-bond donors (Lipinski definition) is 1. The Morgan fingerprint density at radius 2 is 2.25 bits per heavy atom. The maximum Gasteiger partial charge on any atom is 0.258 e. The number of furan rings is 1. The average molecular weight is 294 g/mol. The molecule has 106 valence electrons. The summed E-state index contributed by atoms with van der Waals surface area (Å²) in [6.07, 6.45) is 1.57. The fraction of sp³-hybridized carbons (Fsp3) is 0.267. The van der Waals surface area contributed by atoms with Crippen LogP contribution >= 0.6 is 11.6 Å². The zero-order chi connectivity index (χ0) is 14.5. The third-order valence-corrected chi connectivity index (χ3v) is 3.27. The molecule has 1 atom stereocenters. The Morgan fingerprint density at radius 3 is 2.90 bits per heavy atom. The third kappa shape index (κ3) is 3.78. The van der Waals surface area contributed by atoms with Crippen molar-refractivity contribution >= 4 is 17.5 Å². The van der Waals surface area contributed by atoms with Gasteiger partial charge in [-0.05, 0) is 49.7 Å². The second kappa shape index (κ2) is 6.48. The summed E-state index contributed by atoms with van der Waals surface area (Å²) in [6.45, 7) is 3.68. The van der Waals surface area contributed by atoms with Crippen LogP contribution < -0.4 is 10.1 Å². The molecule has 0 saturated heterocycles. The van der Waals surface area contributed by atoms with Gasteiger partial charge in [0.15, 0.2) is 6.61 Å². The Bertz CT molecular complexity index is 581. The van der Waals surface area contributed by atoms with Gasteiger partial charge in [0, 0.05) is 5.02 Å². The quantitative estimate of drug-likeness (QED) is 0.918. The van der Waals surface area contributed by atoms with Gasteiger partial charge in [-0.25, -0.2) is 0 Å². The summed E-state index contributed by atoms with van der Waals surface area (Å²) in [6, 6.07) is 8.69. The fourth-order valence-electron chi connectivity index (χ4n) is 1.75. The lowest BCUT2D eigenvalue weighted by molar-refractivity contribution is -0.123. The van der Waals surface area contributed by atoms with Gasteiger partial charge < -0.3 is 14.5 Å². The van der Waals surface area contributed by atoms with Crippen LogP contribution in [0.1, 0.15) is 24.3 Å². The Balaban J connectivity index is 1.84. The highest BCUT2D eigenvalue weighted by molar-refractivity contribution is 6.31. The molecule has 1 heterocycles. The number of carbonyl (C=O) groups excluding carboxylic acids is 1. The first kappa shape index (κ1) is 14.5. The molecule has 4 nitrogen and oxygen atoms in total. The second-order valence-corrected chi connectivity index (χ2v) is 4.91. The molecule has 0 bridgehead atoms. The van der Waals surface area contributed by atoms with Crippen LogP contribution in [0.5, 0.6) is 5.75 Å². The molecule has 0 saturated carbocycles. The van der Waals surface area contributed by atoms with E-state index in [1.54, 1.807) is 30.5 Å². The van der Waals surface area contributed by atoms with Crippen LogP contribution in [0.3, 0.4) is 0 Å². The van der Waals surface area contributed by atoms with E-state index in [1.165, 1.54) is 0 Å². The normalized spacial score (nSPS) is 11.9. The van der Waals surface area contributed by atoms with Gasteiger partial charge in [-0.15, -0.1) is 0 Å². The van der Waals surface area contributed by atoms with Gasteiger partial charge >= 0.3 is 0 Å². The number of ether oxygens (including phenoxy) is 1. The van der Waals surface area contributed by atoms with E-state index < -0.39 is 0 Å². The SMILES string of the molecule is Cc1cc(OCC(=O)N[C@@H](C)c2ccco2)ccc1Cl. The first-order valence-corrected chi connectivity index (χ1v) is 6.66. The lowest BCUT2D eigenvalue weighted by atomic mass is 10.2. The van der Waals surface area contributed by atoms with E-state index in [4.69, 9.17) is 20.8 Å². The molecular formula is C15H16ClNO3. The minimum absolute atomic E-state index is 0.0495. The molecule has 2 rings (SSSR count). The molecule has 1 N–H and O–H groups in total. The molecule has 0 aliphatic carbocycles. The number of rotatable bonds is 5. The summed E-state index contributed by atoms with van der Waals surface area (Å²) >= 11 is 5.92. The highest BCUT2D eigenvalue weighted by Gasteiger charge is 2.12. The molecule has 1 amide bonds. The molecule has 0 aliphatic heterocycles. The number of benzene rings is 1. The fourth-order valence-corrected chi connectivity index (χ4v) is 1.87. The number of hydrogen-bond acceptors (Lipinski definition) is 3. The van der Waals surface area contributed by atoms with Crippen LogP contribution in [-0.2, 0) is 4.79 Å². The van der Waals surface area contributed by atoms with E-state index in [-0.39, 0.29) is 18.6 Å². The first-order valence-electron chi connectivity index (χ1n) is 6.28. The minimum Gasteiger partial charge on any atom is -0.484 e. The smallest absolute Gasteiger partial charge is 0.258 e. The Kier molecular flexibility index (Phi) is 4.69. The van der Waals surface area contributed by atoms with E-state index >= 15 is 0 Å². The molecule has 0 radical (unpaired) electrons. The van der Waals surface area contributed by atoms with Crippen LogP contribution in [0.2, 0.25) is 5.02 Å². The summed E-state index contributed by atoms with van der Waals surface area (Å²) < 4.78 is 10.6. The molecule has 0 spiro atoms. The number of nitrogens with one attached hydrogen (secondary N) is 1. The molecule has 5 heteroatoms. The van der Waals surface area contributed by atoms with Gasteiger partial charge in [-0.3, -0.25) is 4.79 Å². The number of aryl methyl sites for hydroxylation is 1. The predicted octanol–water partition coefficient (Wildman–Crippen LogP) is 3.50. The van der Waals surface area contributed by atoms with E-state index in [2.05, 4.69) is 5.32 Å². The van der Waals surface area contributed by atoms with Crippen molar-refractivity contribution in [2.75, 3.05) is 6.61 Å². The lowest BCUT2D eigenvalue weighted by Crippen LogP contribution is -2.31. The van der Waals surface area contributed by atoms with Crippen LogP contribution in [0.15, 0.2) is 41.0 Å². The molecule has 0 unspecified atom stereocenters. The van der Waals surface area contributed by atoms with Gasteiger partial charge in [-0.1, -0.05) is 11.6 Å². The second-order valence-electron chi connectivity index (χ2n) is 4.50. The number of carbonyl (C=O) groups is 1. The maximum absolute atomic E-state index is 11.8. The largest absolute Gasteiger partial charge is 0.484 e. The zero-order valence-electron chi connectivity index (χ0n) is 11.4. The van der Waals surface area contributed by atoms with E-state index in [1.807, 2.05) is 19.9 Å². The van der Waals surface area contributed by atoms with E-state index in [9.17, 15) is 4.79 Å². The summed E-state index contributed by atoms with van der Waals surface area (Å²) in [7, 11) is 0. The van der Waals surface area contributed by atoms with E-state index in [0.29, 0.717) is 16.5 Å². The van der Waals surface area contributed by atoms with Gasteiger partial charge in [0.2, 0.25) is 0 Å². The van der Waals surface area contributed by atoms with Crippen LogP contribution in [-0.4, -0.2) is 12.5 Å². The summed E-state index contributed by atoms with van der Waals surface area (Å²) in [5.74, 6) is 1.12. The Morgan fingerprint density at radius 1 is 1.45 bits per heavy atom. The van der Waals surface area contributed by atoms with Gasteiger partial charge in [0.25, 0.3) is 5.91 Å². The standard InChI is InChI=1S/C15H16ClNO3/c1-10-8-12(5-6-13(10)16)20-9-15(18)17-11(2)14-4-3-7-19-14/h3-8,11H,9H2,1-2H3,(H,17,18)/t11-/m0/s1. The molecule has 0 aliphatic rings. The van der Waals surface area contributed by atoms with Crippen molar-refractivity contribution in [1.29, 1.82) is 0 Å². The monoisotopic (exact) mass is 293 g/mol. The highest BCUT2D eigenvalue weighted by Crippen LogP contribution is 2.21. The molecular weight excluding hydrogens is 278 g/mol. The van der Waals surface area contributed by atoms with Crippen LogP contribution in [0, 0.1) is 6.92 Å². The lowest BCUT2D eigenvalue weighted by Gasteiger charge is -2.12. The molecule has 1 aromatic carbocycles. The Labute approximate surface area is 122 Å². The predicted molar refractivity (Wildman–Crippen MR) is 76.9 cm³/mol. The van der Waals surface area contributed by atoms with Gasteiger partial charge in [0.05, 0.1) is 12.3 Å². The van der Waals surface area contributed by atoms with Crippen molar-refractivity contribution in [3.05, 3.63) is 52.9 Å². The summed E-state index contributed by atoms with van der Waals surface area (Å²) in [4.78, 5) is 11.8. The zero-order valence-corrected chi connectivity index (χ0v) is 12.1. The summed E-state index contributed by atoms with van der Waals surface area (Å²) in [5, 5.41) is 3.47. The van der Waals surface area contributed by atoms with Crippen molar-refractivity contribution in [1.82, 2.24) is 5.32 Å².